The van der Waals surface area contributed by atoms with Crippen molar-refractivity contribution in [3.05, 3.63) is 50.1 Å². The van der Waals surface area contributed by atoms with Crippen LogP contribution >= 0.6 is 27.3 Å². The summed E-state index contributed by atoms with van der Waals surface area (Å²) >= 11 is 5.03. The molecular weight excluding hydrogens is 436 g/mol. The van der Waals surface area contributed by atoms with Crippen LogP contribution in [-0.4, -0.2) is 44.2 Å². The highest BCUT2D eigenvalue weighted by Gasteiger charge is 2.32. The molecule has 140 valence electrons. The first kappa shape index (κ1) is 19.5. The van der Waals surface area contributed by atoms with Gasteiger partial charge in [0.15, 0.2) is 0 Å². The number of fused-ring (bicyclic) bond motifs is 1. The lowest BCUT2D eigenvalue weighted by molar-refractivity contribution is 0.0657. The Hall–Kier alpha value is -1.22. The number of rotatable bonds is 4. The van der Waals surface area contributed by atoms with Crippen molar-refractivity contribution >= 4 is 43.2 Å². The third-order valence-electron chi connectivity index (χ3n) is 4.68. The van der Waals surface area contributed by atoms with Crippen molar-refractivity contribution in [2.24, 2.45) is 0 Å². The fraction of sp³-hybridized carbons (Fsp3) is 0.389. The first-order valence-corrected chi connectivity index (χ1v) is 11.5. The molecule has 0 bridgehead atoms. The summed E-state index contributed by atoms with van der Waals surface area (Å²) in [6.45, 7) is 2.72. The predicted octanol–water partition coefficient (Wildman–Crippen LogP) is 3.91. The van der Waals surface area contributed by atoms with Gasteiger partial charge in [0.25, 0.3) is 5.91 Å². The second-order valence-electron chi connectivity index (χ2n) is 6.40. The van der Waals surface area contributed by atoms with Gasteiger partial charge in [0.2, 0.25) is 10.0 Å². The van der Waals surface area contributed by atoms with E-state index in [9.17, 15) is 13.2 Å². The number of amides is 1. The third kappa shape index (κ3) is 3.35. The molecule has 0 spiro atoms. The lowest BCUT2D eigenvalue weighted by Crippen LogP contribution is -2.39. The molecule has 3 rings (SSSR count). The SMILES string of the molecule is CCC1c2ccsc2CCN1C(=O)c1ccc(Br)c(S(=O)(=O)N(C)C)c1. The third-order valence-corrected chi connectivity index (χ3v) is 8.48. The van der Waals surface area contributed by atoms with Crippen molar-refractivity contribution in [1.29, 1.82) is 0 Å². The second kappa shape index (κ2) is 7.42. The molecule has 1 aliphatic heterocycles. The van der Waals surface area contributed by atoms with E-state index in [0.717, 1.165) is 17.1 Å². The number of carbonyl (C=O) groups excluding carboxylic acids is 1. The van der Waals surface area contributed by atoms with E-state index in [1.54, 1.807) is 23.5 Å². The zero-order valence-corrected chi connectivity index (χ0v) is 18.1. The number of nitrogens with zero attached hydrogens (tertiary/aromatic N) is 2. The van der Waals surface area contributed by atoms with E-state index in [0.29, 0.717) is 16.6 Å². The number of halogens is 1. The van der Waals surface area contributed by atoms with Crippen molar-refractivity contribution in [3.8, 4) is 0 Å². The Kier molecular flexibility index (Phi) is 5.58. The number of thiophene rings is 1. The average molecular weight is 457 g/mol. The van der Waals surface area contributed by atoms with Gasteiger partial charge in [-0.2, -0.15) is 0 Å². The molecule has 5 nitrogen and oxygen atoms in total. The Morgan fingerprint density at radius 1 is 1.35 bits per heavy atom. The zero-order valence-electron chi connectivity index (χ0n) is 14.9. The van der Waals surface area contributed by atoms with E-state index in [4.69, 9.17) is 0 Å². The summed E-state index contributed by atoms with van der Waals surface area (Å²) < 4.78 is 26.7. The predicted molar refractivity (Wildman–Crippen MR) is 107 cm³/mol. The number of benzene rings is 1. The van der Waals surface area contributed by atoms with Crippen molar-refractivity contribution in [2.75, 3.05) is 20.6 Å². The Bertz CT molecular complexity index is 938. The molecule has 1 aromatic heterocycles. The molecular formula is C18H21BrN2O3S2. The van der Waals surface area contributed by atoms with Crippen LogP contribution in [0.3, 0.4) is 0 Å². The highest BCUT2D eigenvalue weighted by molar-refractivity contribution is 9.10. The van der Waals surface area contributed by atoms with E-state index in [1.807, 2.05) is 4.90 Å². The summed E-state index contributed by atoms with van der Waals surface area (Å²) in [5.74, 6) is -0.128. The van der Waals surface area contributed by atoms with Gasteiger partial charge in [-0.3, -0.25) is 4.79 Å². The van der Waals surface area contributed by atoms with Gasteiger partial charge in [-0.05, 0) is 64.0 Å². The molecule has 1 aromatic carbocycles. The van der Waals surface area contributed by atoms with Gasteiger partial charge < -0.3 is 4.90 Å². The molecule has 2 heterocycles. The van der Waals surface area contributed by atoms with Crippen molar-refractivity contribution in [3.63, 3.8) is 0 Å². The molecule has 1 atom stereocenters. The second-order valence-corrected chi connectivity index (χ2v) is 10.4. The summed E-state index contributed by atoms with van der Waals surface area (Å²) in [5.41, 5.74) is 1.61. The summed E-state index contributed by atoms with van der Waals surface area (Å²) in [6.07, 6.45) is 1.67. The molecule has 2 aromatic rings. The van der Waals surface area contributed by atoms with Crippen molar-refractivity contribution < 1.29 is 13.2 Å². The molecule has 0 radical (unpaired) electrons. The summed E-state index contributed by atoms with van der Waals surface area (Å²) in [6, 6.07) is 6.91. The van der Waals surface area contributed by atoms with Gasteiger partial charge >= 0.3 is 0 Å². The maximum Gasteiger partial charge on any atom is 0.254 e. The van der Waals surface area contributed by atoms with Crippen molar-refractivity contribution in [2.45, 2.75) is 30.7 Å². The highest BCUT2D eigenvalue weighted by Crippen LogP contribution is 2.36. The molecule has 26 heavy (non-hydrogen) atoms. The number of carbonyl (C=O) groups is 1. The van der Waals surface area contributed by atoms with Gasteiger partial charge in [-0.15, -0.1) is 11.3 Å². The lowest BCUT2D eigenvalue weighted by Gasteiger charge is -2.35. The molecule has 1 amide bonds. The van der Waals surface area contributed by atoms with Gasteiger partial charge in [0, 0.05) is 35.6 Å². The molecule has 1 aliphatic rings. The van der Waals surface area contributed by atoms with Crippen LogP contribution in [0.25, 0.3) is 0 Å². The summed E-state index contributed by atoms with van der Waals surface area (Å²) in [4.78, 5) is 16.5. The fourth-order valence-corrected chi connectivity index (χ4v) is 6.05. The van der Waals surface area contributed by atoms with Gasteiger partial charge in [0.05, 0.1) is 10.9 Å². The van der Waals surface area contributed by atoms with E-state index < -0.39 is 10.0 Å². The smallest absolute Gasteiger partial charge is 0.254 e. The number of hydrogen-bond donors (Lipinski definition) is 0. The van der Waals surface area contributed by atoms with Gasteiger partial charge in [-0.1, -0.05) is 6.92 Å². The average Bonchev–Trinajstić information content (AvgIpc) is 3.09. The van der Waals surface area contributed by atoms with E-state index >= 15 is 0 Å². The Morgan fingerprint density at radius 3 is 2.73 bits per heavy atom. The summed E-state index contributed by atoms with van der Waals surface area (Å²) in [7, 11) is -0.679. The molecule has 0 saturated carbocycles. The molecule has 0 fully saturated rings. The van der Waals surface area contributed by atoms with Gasteiger partial charge in [0.1, 0.15) is 0 Å². The molecule has 0 N–H and O–H groups in total. The Balaban J connectivity index is 1.99. The van der Waals surface area contributed by atoms with Crippen LogP contribution in [0.4, 0.5) is 0 Å². The quantitative estimate of drug-likeness (QED) is 0.700. The lowest BCUT2D eigenvalue weighted by atomic mass is 9.97. The summed E-state index contributed by atoms with van der Waals surface area (Å²) in [5, 5.41) is 2.07. The highest BCUT2D eigenvalue weighted by atomic mass is 79.9. The van der Waals surface area contributed by atoms with Crippen LogP contribution in [-0.2, 0) is 16.4 Å². The largest absolute Gasteiger partial charge is 0.331 e. The monoisotopic (exact) mass is 456 g/mol. The maximum absolute atomic E-state index is 13.2. The van der Waals surface area contributed by atoms with Crippen LogP contribution in [0.2, 0.25) is 0 Å². The first-order valence-electron chi connectivity index (χ1n) is 8.36. The van der Waals surface area contributed by atoms with Crippen LogP contribution in [0.5, 0.6) is 0 Å². The Labute approximate surface area is 166 Å². The van der Waals surface area contributed by atoms with Crippen LogP contribution < -0.4 is 0 Å². The normalized spacial score (nSPS) is 17.4. The zero-order chi connectivity index (χ0) is 19.1. The number of sulfonamides is 1. The van der Waals surface area contributed by atoms with Crippen molar-refractivity contribution in [1.82, 2.24) is 9.21 Å². The molecule has 0 saturated heterocycles. The minimum atomic E-state index is -3.64. The van der Waals surface area contributed by atoms with E-state index in [1.165, 1.54) is 30.6 Å². The number of hydrogen-bond acceptors (Lipinski definition) is 4. The molecule has 0 aliphatic carbocycles. The van der Waals surface area contributed by atoms with E-state index in [2.05, 4.69) is 34.3 Å². The minimum absolute atomic E-state index is 0.0371. The van der Waals surface area contributed by atoms with Crippen LogP contribution in [0.15, 0.2) is 39.0 Å². The molecule has 8 heteroatoms. The maximum atomic E-state index is 13.2. The van der Waals surface area contributed by atoms with Gasteiger partial charge in [-0.25, -0.2) is 12.7 Å². The minimum Gasteiger partial charge on any atom is -0.331 e. The van der Waals surface area contributed by atoms with Crippen LogP contribution in [0, 0.1) is 0 Å². The fourth-order valence-electron chi connectivity index (χ4n) is 3.28. The topological polar surface area (TPSA) is 57.7 Å². The van der Waals surface area contributed by atoms with E-state index in [-0.39, 0.29) is 16.8 Å². The standard InChI is InChI=1S/C18H21BrN2O3S2/c1-4-15-13-8-10-25-16(13)7-9-21(15)18(22)12-5-6-14(19)17(11-12)26(23,24)20(2)3/h5-6,8,10-11,15H,4,7,9H2,1-3H3. The molecule has 1 unspecified atom stereocenters. The van der Waals surface area contributed by atoms with Crippen LogP contribution in [0.1, 0.15) is 40.2 Å². The Morgan fingerprint density at radius 2 is 2.08 bits per heavy atom. The first-order chi connectivity index (χ1) is 12.3.